The van der Waals surface area contributed by atoms with E-state index in [0.717, 1.165) is 18.5 Å². The third-order valence-electron chi connectivity index (χ3n) is 4.21. The number of hydrogen-bond donors (Lipinski definition) is 1. The lowest BCUT2D eigenvalue weighted by molar-refractivity contribution is -0.140. The van der Waals surface area contributed by atoms with Gasteiger partial charge in [-0.3, -0.25) is 9.59 Å². The van der Waals surface area contributed by atoms with E-state index in [2.05, 4.69) is 0 Å². The predicted octanol–water partition coefficient (Wildman–Crippen LogP) is 2.19. The zero-order valence-corrected chi connectivity index (χ0v) is 14.6. The number of para-hydroxylation sites is 1. The first-order valence-electron chi connectivity index (χ1n) is 7.95. The Morgan fingerprint density at radius 2 is 2.04 bits per heavy atom. The third-order valence-corrected chi connectivity index (χ3v) is 4.21. The minimum Gasteiger partial charge on any atom is -0.332 e. The van der Waals surface area contributed by atoms with Gasteiger partial charge in [-0.1, -0.05) is 31.5 Å². The smallest absolute Gasteiger partial charge is 0.249 e. The minimum absolute atomic E-state index is 0. The van der Waals surface area contributed by atoms with Gasteiger partial charge < -0.3 is 15.5 Å². The lowest BCUT2D eigenvalue weighted by atomic mass is 10.0. The Hall–Kier alpha value is -1.59. The van der Waals surface area contributed by atoms with E-state index in [4.69, 9.17) is 5.73 Å². The molecule has 1 aliphatic heterocycles. The molecular weight excluding hydrogens is 314 g/mol. The third kappa shape index (κ3) is 4.45. The first-order valence-corrected chi connectivity index (χ1v) is 7.95. The van der Waals surface area contributed by atoms with Crippen molar-refractivity contribution in [3.8, 4) is 0 Å². The molecule has 2 atom stereocenters. The number of anilines is 1. The van der Waals surface area contributed by atoms with Crippen molar-refractivity contribution >= 4 is 29.9 Å². The van der Waals surface area contributed by atoms with Crippen LogP contribution in [0.5, 0.6) is 0 Å². The fraction of sp³-hybridized carbons (Fsp3) is 0.529. The van der Waals surface area contributed by atoms with Gasteiger partial charge in [-0.05, 0) is 31.4 Å². The molecule has 6 heteroatoms. The van der Waals surface area contributed by atoms with E-state index in [1.807, 2.05) is 37.3 Å². The molecule has 1 aromatic rings. The quantitative estimate of drug-likeness (QED) is 0.894. The van der Waals surface area contributed by atoms with Crippen LogP contribution in [0.1, 0.15) is 32.6 Å². The number of hydrogen-bond acceptors (Lipinski definition) is 3. The second-order valence-electron chi connectivity index (χ2n) is 5.83. The second-order valence-corrected chi connectivity index (χ2v) is 5.83. The lowest BCUT2D eigenvalue weighted by Crippen LogP contribution is -2.56. The van der Waals surface area contributed by atoms with Crippen LogP contribution in [-0.2, 0) is 9.59 Å². The summed E-state index contributed by atoms with van der Waals surface area (Å²) < 4.78 is 0. The number of carbonyl (C=O) groups is 2. The number of benzene rings is 1. The van der Waals surface area contributed by atoms with Crippen LogP contribution in [0, 0.1) is 0 Å². The van der Waals surface area contributed by atoms with Crippen LogP contribution in [0.2, 0.25) is 0 Å². The first-order chi connectivity index (χ1) is 10.6. The monoisotopic (exact) mass is 339 g/mol. The van der Waals surface area contributed by atoms with E-state index in [1.165, 1.54) is 4.90 Å². The molecule has 0 radical (unpaired) electrons. The van der Waals surface area contributed by atoms with Gasteiger partial charge in [0.2, 0.25) is 11.8 Å². The molecule has 0 aliphatic carbocycles. The van der Waals surface area contributed by atoms with Crippen molar-refractivity contribution in [2.75, 3.05) is 18.5 Å². The number of amides is 2. The van der Waals surface area contributed by atoms with E-state index in [-0.39, 0.29) is 24.2 Å². The van der Waals surface area contributed by atoms with Crippen LogP contribution in [0.4, 0.5) is 5.69 Å². The van der Waals surface area contributed by atoms with Gasteiger partial charge in [0.1, 0.15) is 6.04 Å². The molecule has 1 heterocycles. The van der Waals surface area contributed by atoms with Gasteiger partial charge in [0.05, 0.1) is 6.04 Å². The fourth-order valence-electron chi connectivity index (χ4n) is 2.93. The number of likely N-dealkylation sites (N-methyl/N-ethyl adjacent to an activating group) is 1. The van der Waals surface area contributed by atoms with Crippen molar-refractivity contribution in [1.82, 2.24) is 4.90 Å². The Kier molecular flexibility index (Phi) is 7.52. The van der Waals surface area contributed by atoms with Crippen LogP contribution in [0.15, 0.2) is 30.3 Å². The van der Waals surface area contributed by atoms with Gasteiger partial charge in [0.15, 0.2) is 0 Å². The average Bonchev–Trinajstić information content (AvgIpc) is 2.55. The molecule has 1 saturated heterocycles. The second kappa shape index (κ2) is 8.89. The van der Waals surface area contributed by atoms with E-state index in [1.54, 1.807) is 11.9 Å². The van der Waals surface area contributed by atoms with E-state index < -0.39 is 12.1 Å². The molecule has 2 unspecified atom stereocenters. The number of halogens is 1. The Morgan fingerprint density at radius 3 is 2.65 bits per heavy atom. The molecule has 2 N–H and O–H groups in total. The molecule has 1 fully saturated rings. The highest BCUT2D eigenvalue weighted by Crippen LogP contribution is 2.23. The Balaban J connectivity index is 0.00000264. The molecule has 0 saturated carbocycles. The van der Waals surface area contributed by atoms with Crippen LogP contribution < -0.4 is 10.6 Å². The van der Waals surface area contributed by atoms with Crippen molar-refractivity contribution in [1.29, 1.82) is 0 Å². The normalized spacial score (nSPS) is 19.0. The average molecular weight is 340 g/mol. The SMILES string of the molecule is CCCC(N)C(=O)N(C)C1CCCN(c2ccccc2)C1=O.Cl. The molecule has 0 spiro atoms. The van der Waals surface area contributed by atoms with Gasteiger partial charge in [0.25, 0.3) is 0 Å². The van der Waals surface area contributed by atoms with Crippen molar-refractivity contribution in [2.45, 2.75) is 44.7 Å². The number of rotatable bonds is 5. The summed E-state index contributed by atoms with van der Waals surface area (Å²) in [6, 6.07) is 8.67. The standard InChI is InChI=1S/C17H25N3O2.ClH/c1-3-8-14(18)16(21)19(2)15-11-7-12-20(17(15)22)13-9-5-4-6-10-13;/h4-6,9-10,14-15H,3,7-8,11-12,18H2,1-2H3;1H. The Bertz CT molecular complexity index is 524. The number of piperidine rings is 1. The van der Waals surface area contributed by atoms with Crippen molar-refractivity contribution in [3.63, 3.8) is 0 Å². The zero-order valence-electron chi connectivity index (χ0n) is 13.8. The summed E-state index contributed by atoms with van der Waals surface area (Å²) in [5.74, 6) is -0.160. The summed E-state index contributed by atoms with van der Waals surface area (Å²) in [5, 5.41) is 0. The molecule has 5 nitrogen and oxygen atoms in total. The van der Waals surface area contributed by atoms with Crippen molar-refractivity contribution in [2.24, 2.45) is 5.73 Å². The highest BCUT2D eigenvalue weighted by molar-refractivity contribution is 6.00. The van der Waals surface area contributed by atoms with Gasteiger partial charge in [0, 0.05) is 19.3 Å². The zero-order chi connectivity index (χ0) is 16.1. The van der Waals surface area contributed by atoms with Crippen LogP contribution >= 0.6 is 12.4 Å². The lowest BCUT2D eigenvalue weighted by Gasteiger charge is -2.37. The first kappa shape index (κ1) is 19.5. The van der Waals surface area contributed by atoms with E-state index in [9.17, 15) is 9.59 Å². The molecule has 128 valence electrons. The van der Waals surface area contributed by atoms with E-state index >= 15 is 0 Å². The van der Waals surface area contributed by atoms with Crippen molar-refractivity contribution in [3.05, 3.63) is 30.3 Å². The van der Waals surface area contributed by atoms with Gasteiger partial charge in [-0.25, -0.2) is 0 Å². The molecule has 2 amide bonds. The summed E-state index contributed by atoms with van der Waals surface area (Å²) in [6.45, 7) is 2.69. The molecule has 1 aliphatic rings. The molecule has 0 bridgehead atoms. The van der Waals surface area contributed by atoms with E-state index in [0.29, 0.717) is 19.4 Å². The summed E-state index contributed by atoms with van der Waals surface area (Å²) >= 11 is 0. The predicted molar refractivity (Wildman–Crippen MR) is 94.7 cm³/mol. The highest BCUT2D eigenvalue weighted by Gasteiger charge is 2.35. The summed E-state index contributed by atoms with van der Waals surface area (Å²) in [7, 11) is 1.69. The maximum Gasteiger partial charge on any atom is 0.249 e. The maximum absolute atomic E-state index is 12.7. The molecule has 2 rings (SSSR count). The summed E-state index contributed by atoms with van der Waals surface area (Å²) in [5.41, 5.74) is 6.80. The van der Waals surface area contributed by atoms with Gasteiger partial charge in [-0.2, -0.15) is 0 Å². The fourth-order valence-corrected chi connectivity index (χ4v) is 2.93. The van der Waals surface area contributed by atoms with Gasteiger partial charge in [-0.15, -0.1) is 12.4 Å². The summed E-state index contributed by atoms with van der Waals surface area (Å²) in [4.78, 5) is 28.4. The minimum atomic E-state index is -0.519. The van der Waals surface area contributed by atoms with Crippen molar-refractivity contribution < 1.29 is 9.59 Å². The summed E-state index contributed by atoms with van der Waals surface area (Å²) in [6.07, 6.45) is 3.08. The van der Waals surface area contributed by atoms with Gasteiger partial charge >= 0.3 is 0 Å². The number of nitrogens with zero attached hydrogens (tertiary/aromatic N) is 2. The largest absolute Gasteiger partial charge is 0.332 e. The van der Waals surface area contributed by atoms with Crippen LogP contribution in [0.25, 0.3) is 0 Å². The molecule has 0 aromatic heterocycles. The number of nitrogens with two attached hydrogens (primary N) is 1. The maximum atomic E-state index is 12.7. The number of carbonyl (C=O) groups excluding carboxylic acids is 2. The molecule has 23 heavy (non-hydrogen) atoms. The Labute approximate surface area is 144 Å². The van der Waals surface area contributed by atoms with Crippen LogP contribution in [0.3, 0.4) is 0 Å². The Morgan fingerprint density at radius 1 is 1.39 bits per heavy atom. The van der Waals surface area contributed by atoms with Crippen LogP contribution in [-0.4, -0.2) is 42.4 Å². The topological polar surface area (TPSA) is 66.6 Å². The molecule has 1 aromatic carbocycles. The molecular formula is C17H26ClN3O2. The highest BCUT2D eigenvalue weighted by atomic mass is 35.5.